The van der Waals surface area contributed by atoms with Gasteiger partial charge < -0.3 is 0 Å². The molecule has 4 rings (SSSR count). The van der Waals surface area contributed by atoms with Gasteiger partial charge in [0.05, 0.1) is 11.4 Å². The van der Waals surface area contributed by atoms with Crippen LogP contribution in [0.15, 0.2) is 54.7 Å². The lowest BCUT2D eigenvalue weighted by Gasteiger charge is -2.13. The van der Waals surface area contributed by atoms with Gasteiger partial charge in [-0.15, -0.1) is 0 Å². The van der Waals surface area contributed by atoms with Crippen LogP contribution in [-0.4, -0.2) is 29.9 Å². The minimum Gasteiger partial charge on any atom is -0.273 e. The minimum atomic E-state index is -4.57. The van der Waals surface area contributed by atoms with Gasteiger partial charge in [-0.1, -0.05) is 19.1 Å². The lowest BCUT2D eigenvalue weighted by atomic mass is 10.0. The van der Waals surface area contributed by atoms with Gasteiger partial charge in [0.15, 0.2) is 11.5 Å². The quantitative estimate of drug-likeness (QED) is 0.430. The molecule has 0 saturated heterocycles. The predicted octanol–water partition coefficient (Wildman–Crippen LogP) is 5.24. The summed E-state index contributed by atoms with van der Waals surface area (Å²) in [6.45, 7) is 1.77. The Kier molecular flexibility index (Phi) is 5.23. The van der Waals surface area contributed by atoms with Gasteiger partial charge in [0.25, 0.3) is 0 Å². The maximum atomic E-state index is 12.8. The number of hydrogen-bond donors (Lipinski definition) is 1. The number of aromatic amines is 1. The molecule has 0 aliphatic rings. The molecule has 32 heavy (non-hydrogen) atoms. The van der Waals surface area contributed by atoms with Gasteiger partial charge in [-0.25, -0.2) is 9.67 Å². The molecule has 0 saturated carbocycles. The Hall–Kier alpha value is -3.70. The van der Waals surface area contributed by atoms with Crippen molar-refractivity contribution < 1.29 is 26.3 Å². The maximum Gasteiger partial charge on any atom is 0.435 e. The minimum absolute atomic E-state index is 0.0318. The molecule has 0 spiro atoms. The fraction of sp³-hybridized carbons (Fsp3) is 0.200. The lowest BCUT2D eigenvalue weighted by Crippen LogP contribution is -2.09. The van der Waals surface area contributed by atoms with Crippen LogP contribution >= 0.6 is 0 Å². The maximum absolute atomic E-state index is 12.8. The van der Waals surface area contributed by atoms with E-state index in [0.717, 1.165) is 23.0 Å². The molecule has 12 heteroatoms. The highest BCUT2D eigenvalue weighted by Gasteiger charge is 2.34. The zero-order valence-corrected chi connectivity index (χ0v) is 16.3. The number of aromatic nitrogens is 6. The highest BCUT2D eigenvalue weighted by atomic mass is 19.4. The molecule has 4 aromatic heterocycles. The summed E-state index contributed by atoms with van der Waals surface area (Å²) in [5.74, 6) is -0.225. The molecule has 6 nitrogen and oxygen atoms in total. The highest BCUT2D eigenvalue weighted by Crippen LogP contribution is 2.31. The normalized spacial score (nSPS) is 13.3. The Morgan fingerprint density at radius 3 is 2.16 bits per heavy atom. The number of nitrogens with zero attached hydrogens (tertiary/aromatic N) is 5. The Bertz CT molecular complexity index is 1140. The van der Waals surface area contributed by atoms with Gasteiger partial charge in [0, 0.05) is 17.8 Å². The lowest BCUT2D eigenvalue weighted by molar-refractivity contribution is -0.142. The first-order valence-corrected chi connectivity index (χ1v) is 9.22. The van der Waals surface area contributed by atoms with Crippen LogP contribution in [0.25, 0.3) is 17.2 Å². The van der Waals surface area contributed by atoms with Crippen LogP contribution in [0.3, 0.4) is 0 Å². The van der Waals surface area contributed by atoms with E-state index in [2.05, 4.69) is 20.2 Å². The number of nitrogens with one attached hydrogen (secondary N) is 1. The molecule has 0 bridgehead atoms. The molecular weight excluding hydrogens is 438 g/mol. The fourth-order valence-electron chi connectivity index (χ4n) is 3.00. The van der Waals surface area contributed by atoms with Crippen LogP contribution in [-0.2, 0) is 12.4 Å². The van der Waals surface area contributed by atoms with E-state index < -0.39 is 29.7 Å². The summed E-state index contributed by atoms with van der Waals surface area (Å²) in [6, 6.07) is 11.4. The molecule has 0 amide bonds. The molecule has 0 fully saturated rings. The number of pyridine rings is 2. The summed E-state index contributed by atoms with van der Waals surface area (Å²) in [6.07, 6.45) is -7.97. The summed E-state index contributed by atoms with van der Waals surface area (Å²) >= 11 is 0. The third-order valence-electron chi connectivity index (χ3n) is 4.67. The van der Waals surface area contributed by atoms with Crippen molar-refractivity contribution in [2.24, 2.45) is 0 Å². The van der Waals surface area contributed by atoms with Crippen molar-refractivity contribution in [1.82, 2.24) is 29.9 Å². The van der Waals surface area contributed by atoms with Crippen molar-refractivity contribution in [1.29, 1.82) is 0 Å². The van der Waals surface area contributed by atoms with Crippen LogP contribution in [0.1, 0.15) is 35.6 Å². The predicted molar refractivity (Wildman–Crippen MR) is 101 cm³/mol. The molecule has 1 unspecified atom stereocenters. The van der Waals surface area contributed by atoms with Crippen LogP contribution in [0.5, 0.6) is 0 Å². The fourth-order valence-corrected chi connectivity index (χ4v) is 3.00. The number of rotatable bonds is 4. The van der Waals surface area contributed by atoms with Crippen molar-refractivity contribution >= 4 is 0 Å². The summed E-state index contributed by atoms with van der Waals surface area (Å²) in [4.78, 5) is 8.77. The van der Waals surface area contributed by atoms with Crippen LogP contribution in [0, 0.1) is 0 Å². The standard InChI is InChI=1S/C20H14F6N6/c1-11(12-4-2-6-14(27-12)15-10-17(30-29-15)20(24,25)26)13-5-3-7-18(28-13)32-9-8-16(31-32)19(21,22)23/h2-11H,1H3,(H,29,30). The van der Waals surface area contributed by atoms with E-state index in [1.165, 1.54) is 12.1 Å². The monoisotopic (exact) mass is 452 g/mol. The van der Waals surface area contributed by atoms with Gasteiger partial charge in [-0.3, -0.25) is 10.1 Å². The van der Waals surface area contributed by atoms with Crippen molar-refractivity contribution in [2.45, 2.75) is 25.2 Å². The topological polar surface area (TPSA) is 72.3 Å². The van der Waals surface area contributed by atoms with Crippen molar-refractivity contribution in [2.75, 3.05) is 0 Å². The number of hydrogen-bond acceptors (Lipinski definition) is 4. The summed E-state index contributed by atoms with van der Waals surface area (Å²) in [7, 11) is 0. The van der Waals surface area contributed by atoms with Crippen molar-refractivity contribution in [3.8, 4) is 17.2 Å². The van der Waals surface area contributed by atoms with Crippen LogP contribution < -0.4 is 0 Å². The molecule has 0 aliphatic heterocycles. The third-order valence-corrected chi connectivity index (χ3v) is 4.67. The molecule has 1 N–H and O–H groups in total. The first-order chi connectivity index (χ1) is 15.0. The Balaban J connectivity index is 1.62. The molecule has 166 valence electrons. The van der Waals surface area contributed by atoms with Gasteiger partial charge in [0.1, 0.15) is 11.4 Å². The summed E-state index contributed by atoms with van der Waals surface area (Å²) in [5, 5.41) is 9.13. The molecule has 1 atom stereocenters. The highest BCUT2D eigenvalue weighted by molar-refractivity contribution is 5.55. The Morgan fingerprint density at radius 1 is 0.844 bits per heavy atom. The van der Waals surface area contributed by atoms with Gasteiger partial charge in [-0.05, 0) is 36.4 Å². The second-order valence-electron chi connectivity index (χ2n) is 6.90. The Morgan fingerprint density at radius 2 is 1.53 bits per heavy atom. The molecule has 4 heterocycles. The second kappa shape index (κ2) is 7.77. The van der Waals surface area contributed by atoms with Crippen LogP contribution in [0.2, 0.25) is 0 Å². The largest absolute Gasteiger partial charge is 0.435 e. The number of alkyl halides is 6. The SMILES string of the molecule is CC(c1cccc(-c2cc(C(F)(F)F)[nH]n2)n1)c1cccc(-n2ccc(C(F)(F)F)n2)n1. The summed E-state index contributed by atoms with van der Waals surface area (Å²) in [5.41, 5.74) is -0.762. The molecule has 4 aromatic rings. The van der Waals surface area contributed by atoms with Crippen molar-refractivity contribution in [3.63, 3.8) is 0 Å². The molecule has 0 aromatic carbocycles. The Labute approximate surface area is 176 Å². The van der Waals surface area contributed by atoms with E-state index in [4.69, 9.17) is 0 Å². The van der Waals surface area contributed by atoms with E-state index in [1.807, 2.05) is 5.10 Å². The van der Waals surface area contributed by atoms with Gasteiger partial charge in [-0.2, -0.15) is 36.5 Å². The zero-order chi connectivity index (χ0) is 23.1. The smallest absolute Gasteiger partial charge is 0.273 e. The summed E-state index contributed by atoms with van der Waals surface area (Å²) < 4.78 is 77.9. The molecular formula is C20H14F6N6. The molecule has 0 aliphatic carbocycles. The first kappa shape index (κ1) is 21.5. The molecule has 0 radical (unpaired) electrons. The second-order valence-corrected chi connectivity index (χ2v) is 6.90. The first-order valence-electron chi connectivity index (χ1n) is 9.22. The van der Waals surface area contributed by atoms with Crippen LogP contribution in [0.4, 0.5) is 26.3 Å². The van der Waals surface area contributed by atoms with Gasteiger partial charge >= 0.3 is 12.4 Å². The van der Waals surface area contributed by atoms with E-state index in [1.54, 1.807) is 31.2 Å². The van der Waals surface area contributed by atoms with Gasteiger partial charge in [0.2, 0.25) is 0 Å². The average Bonchev–Trinajstić information content (AvgIpc) is 3.43. The van der Waals surface area contributed by atoms with E-state index in [-0.39, 0.29) is 17.2 Å². The van der Waals surface area contributed by atoms with Crippen molar-refractivity contribution in [3.05, 3.63) is 77.5 Å². The average molecular weight is 452 g/mol. The number of halogens is 6. The zero-order valence-electron chi connectivity index (χ0n) is 16.3. The van der Waals surface area contributed by atoms with E-state index in [9.17, 15) is 26.3 Å². The van der Waals surface area contributed by atoms with E-state index in [0.29, 0.717) is 11.4 Å². The van der Waals surface area contributed by atoms with E-state index >= 15 is 0 Å². The third kappa shape index (κ3) is 4.34. The number of H-pyrrole nitrogens is 1.